The van der Waals surface area contributed by atoms with E-state index in [0.29, 0.717) is 6.61 Å². The van der Waals surface area contributed by atoms with Gasteiger partial charge >= 0.3 is 0 Å². The second-order valence-corrected chi connectivity index (χ2v) is 6.53. The maximum atomic E-state index is 14.2. The van der Waals surface area contributed by atoms with Crippen molar-refractivity contribution in [1.82, 2.24) is 4.57 Å². The molecule has 3 rings (SSSR count). The fraction of sp³-hybridized carbons (Fsp3) is 0.250. The van der Waals surface area contributed by atoms with Crippen molar-refractivity contribution >= 4 is 17.0 Å². The smallest absolute Gasteiger partial charge is 0.190 e. The minimum absolute atomic E-state index is 0.240. The largest absolute Gasteiger partial charge is 0.494 e. The Morgan fingerprint density at radius 3 is 2.62 bits per heavy atom. The van der Waals surface area contributed by atoms with Gasteiger partial charge < -0.3 is 14.0 Å². The molecule has 0 atom stereocenters. The second-order valence-electron chi connectivity index (χ2n) is 5.70. The number of thiazole rings is 1. The molecule has 0 aliphatic carbocycles. The normalized spacial score (nSPS) is 11.7. The standard InChI is InChI=1S/C20H21FN2O2S/c1-24-12-6-11-23-18(15-9-10-19(25-2)17(21)13-15)14-26-20(23)22-16-7-4-3-5-8-16/h3-5,7-10,13-14H,6,11-12H2,1-2H3. The number of ether oxygens (including phenoxy) is 2. The Morgan fingerprint density at radius 2 is 1.92 bits per heavy atom. The molecule has 0 radical (unpaired) electrons. The van der Waals surface area contributed by atoms with Crippen molar-refractivity contribution in [3.63, 3.8) is 0 Å². The minimum atomic E-state index is -0.374. The van der Waals surface area contributed by atoms with Gasteiger partial charge in [0.1, 0.15) is 0 Å². The van der Waals surface area contributed by atoms with Crippen LogP contribution in [0.1, 0.15) is 6.42 Å². The number of aromatic nitrogens is 1. The Bertz CT molecular complexity index is 919. The van der Waals surface area contributed by atoms with Crippen molar-refractivity contribution in [1.29, 1.82) is 0 Å². The average molecular weight is 372 g/mol. The SMILES string of the molecule is COCCCn1c(-c2ccc(OC)c(F)c2)csc1=Nc1ccccc1. The number of benzene rings is 2. The highest BCUT2D eigenvalue weighted by atomic mass is 32.1. The van der Waals surface area contributed by atoms with E-state index in [-0.39, 0.29) is 11.6 Å². The summed E-state index contributed by atoms with van der Waals surface area (Å²) in [5.74, 6) is -0.134. The lowest BCUT2D eigenvalue weighted by molar-refractivity contribution is 0.190. The van der Waals surface area contributed by atoms with Crippen LogP contribution >= 0.6 is 11.3 Å². The predicted octanol–water partition coefficient (Wildman–Crippen LogP) is 4.63. The lowest BCUT2D eigenvalue weighted by Gasteiger charge is -2.10. The Balaban J connectivity index is 2.05. The number of hydrogen-bond acceptors (Lipinski definition) is 4. The molecule has 6 heteroatoms. The summed E-state index contributed by atoms with van der Waals surface area (Å²) in [5.41, 5.74) is 2.62. The van der Waals surface area contributed by atoms with E-state index in [1.54, 1.807) is 24.5 Å². The third-order valence-electron chi connectivity index (χ3n) is 3.96. The molecule has 1 aromatic heterocycles. The van der Waals surface area contributed by atoms with Gasteiger partial charge in [-0.15, -0.1) is 11.3 Å². The molecule has 0 aliphatic rings. The second kappa shape index (κ2) is 8.78. The van der Waals surface area contributed by atoms with Gasteiger partial charge in [0.2, 0.25) is 0 Å². The molecule has 3 aromatic rings. The predicted molar refractivity (Wildman–Crippen MR) is 102 cm³/mol. The molecule has 4 nitrogen and oxygen atoms in total. The molecular weight excluding hydrogens is 351 g/mol. The van der Waals surface area contributed by atoms with Crippen LogP contribution in [0.4, 0.5) is 10.1 Å². The first-order valence-electron chi connectivity index (χ1n) is 8.34. The summed E-state index contributed by atoms with van der Waals surface area (Å²) in [6.07, 6.45) is 0.848. The van der Waals surface area contributed by atoms with Crippen LogP contribution in [0.2, 0.25) is 0 Å². The van der Waals surface area contributed by atoms with Gasteiger partial charge in [-0.2, -0.15) is 0 Å². The van der Waals surface area contributed by atoms with Gasteiger partial charge in [0.15, 0.2) is 16.4 Å². The van der Waals surface area contributed by atoms with E-state index in [9.17, 15) is 4.39 Å². The highest BCUT2D eigenvalue weighted by Gasteiger charge is 2.11. The maximum absolute atomic E-state index is 14.2. The first kappa shape index (κ1) is 18.4. The quantitative estimate of drug-likeness (QED) is 0.567. The molecule has 0 N–H and O–H groups in total. The van der Waals surface area contributed by atoms with E-state index in [2.05, 4.69) is 4.57 Å². The molecule has 2 aromatic carbocycles. The highest BCUT2D eigenvalue weighted by molar-refractivity contribution is 7.07. The molecule has 0 saturated heterocycles. The summed E-state index contributed by atoms with van der Waals surface area (Å²) >= 11 is 1.54. The number of halogens is 1. The maximum Gasteiger partial charge on any atom is 0.190 e. The summed E-state index contributed by atoms with van der Waals surface area (Å²) in [6.45, 7) is 1.40. The zero-order valence-electron chi connectivity index (χ0n) is 14.8. The zero-order valence-corrected chi connectivity index (χ0v) is 15.6. The van der Waals surface area contributed by atoms with Crippen molar-refractivity contribution in [2.45, 2.75) is 13.0 Å². The first-order valence-corrected chi connectivity index (χ1v) is 9.22. The van der Waals surface area contributed by atoms with Crippen molar-refractivity contribution in [3.05, 3.63) is 64.5 Å². The molecule has 0 unspecified atom stereocenters. The summed E-state index contributed by atoms with van der Waals surface area (Å²) in [4.78, 5) is 5.62. The van der Waals surface area contributed by atoms with Crippen LogP contribution < -0.4 is 9.54 Å². The highest BCUT2D eigenvalue weighted by Crippen LogP contribution is 2.26. The zero-order chi connectivity index (χ0) is 18.4. The Kier molecular flexibility index (Phi) is 6.20. The number of rotatable bonds is 7. The summed E-state index contributed by atoms with van der Waals surface area (Å²) < 4.78 is 26.5. The molecule has 0 amide bonds. The van der Waals surface area contributed by atoms with E-state index in [4.69, 9.17) is 14.5 Å². The van der Waals surface area contributed by atoms with Crippen LogP contribution in [0.15, 0.2) is 58.9 Å². The number of hydrogen-bond donors (Lipinski definition) is 0. The molecule has 0 spiro atoms. The third kappa shape index (κ3) is 4.20. The van der Waals surface area contributed by atoms with Crippen molar-refractivity contribution in [2.24, 2.45) is 4.99 Å². The van der Waals surface area contributed by atoms with Crippen molar-refractivity contribution in [2.75, 3.05) is 20.8 Å². The van der Waals surface area contributed by atoms with Crippen LogP contribution in [0.25, 0.3) is 11.3 Å². The van der Waals surface area contributed by atoms with Gasteiger partial charge in [-0.3, -0.25) is 0 Å². The Morgan fingerprint density at radius 1 is 1.12 bits per heavy atom. The minimum Gasteiger partial charge on any atom is -0.494 e. The van der Waals surface area contributed by atoms with Gasteiger partial charge in [-0.25, -0.2) is 9.38 Å². The molecule has 136 valence electrons. The van der Waals surface area contributed by atoms with Crippen LogP contribution in [0, 0.1) is 5.82 Å². The lowest BCUT2D eigenvalue weighted by Crippen LogP contribution is -2.17. The van der Waals surface area contributed by atoms with Crippen LogP contribution in [-0.4, -0.2) is 25.4 Å². The van der Waals surface area contributed by atoms with Gasteiger partial charge in [-0.05, 0) is 36.8 Å². The van der Waals surface area contributed by atoms with Gasteiger partial charge in [-0.1, -0.05) is 18.2 Å². The lowest BCUT2D eigenvalue weighted by atomic mass is 10.1. The summed E-state index contributed by atoms with van der Waals surface area (Å²) in [7, 11) is 3.15. The van der Waals surface area contributed by atoms with Crippen LogP contribution in [0.5, 0.6) is 5.75 Å². The average Bonchev–Trinajstić information content (AvgIpc) is 3.05. The van der Waals surface area contributed by atoms with E-state index in [0.717, 1.165) is 34.7 Å². The number of nitrogens with zero attached hydrogens (tertiary/aromatic N) is 2. The molecule has 1 heterocycles. The van der Waals surface area contributed by atoms with E-state index >= 15 is 0 Å². The van der Waals surface area contributed by atoms with Gasteiger partial charge in [0, 0.05) is 31.2 Å². The molecule has 0 fully saturated rings. The number of methoxy groups -OCH3 is 2. The number of para-hydroxylation sites is 1. The van der Waals surface area contributed by atoms with E-state index < -0.39 is 0 Å². The summed E-state index contributed by atoms with van der Waals surface area (Å²) in [6, 6.07) is 14.8. The molecule has 0 aliphatic heterocycles. The van der Waals surface area contributed by atoms with Crippen LogP contribution in [0.3, 0.4) is 0 Å². The fourth-order valence-electron chi connectivity index (χ4n) is 2.67. The monoisotopic (exact) mass is 372 g/mol. The van der Waals surface area contributed by atoms with Gasteiger partial charge in [0.25, 0.3) is 0 Å². The topological polar surface area (TPSA) is 35.8 Å². The van der Waals surface area contributed by atoms with E-state index in [1.807, 2.05) is 41.8 Å². The third-order valence-corrected chi connectivity index (χ3v) is 4.82. The Hall–Kier alpha value is -2.44. The van der Waals surface area contributed by atoms with E-state index in [1.165, 1.54) is 13.2 Å². The van der Waals surface area contributed by atoms with Crippen molar-refractivity contribution in [3.8, 4) is 17.0 Å². The molecule has 0 bridgehead atoms. The molecule has 26 heavy (non-hydrogen) atoms. The summed E-state index contributed by atoms with van der Waals surface area (Å²) in [5, 5.41) is 2.01. The van der Waals surface area contributed by atoms with Crippen LogP contribution in [-0.2, 0) is 11.3 Å². The van der Waals surface area contributed by atoms with Gasteiger partial charge in [0.05, 0.1) is 18.5 Å². The first-order chi connectivity index (χ1) is 12.7. The molecular formula is C20H21FN2O2S. The van der Waals surface area contributed by atoms with Crippen molar-refractivity contribution < 1.29 is 13.9 Å². The fourth-order valence-corrected chi connectivity index (χ4v) is 3.63. The molecule has 0 saturated carbocycles. The Labute approximate surface area is 156 Å².